The topological polar surface area (TPSA) is 51.2 Å². The van der Waals surface area contributed by atoms with Crippen LogP contribution in [0.4, 0.5) is 0 Å². The van der Waals surface area contributed by atoms with Gasteiger partial charge in [-0.2, -0.15) is 0 Å². The maximum absolute atomic E-state index is 8.94. The molecule has 3 rings (SSSR count). The summed E-state index contributed by atoms with van der Waals surface area (Å²) in [4.78, 5) is 2.48. The molecule has 0 amide bonds. The van der Waals surface area contributed by atoms with Crippen molar-refractivity contribution >= 4 is 0 Å². The van der Waals surface area contributed by atoms with E-state index in [1.54, 1.807) is 0 Å². The van der Waals surface area contributed by atoms with Gasteiger partial charge in [-0.05, 0) is 37.9 Å². The van der Waals surface area contributed by atoms with Crippen molar-refractivity contribution in [3.05, 3.63) is 24.3 Å². The molecule has 1 aromatic carbocycles. The summed E-state index contributed by atoms with van der Waals surface area (Å²) >= 11 is 0. The third kappa shape index (κ3) is 4.21. The minimum absolute atomic E-state index is 0.0749. The molecule has 2 unspecified atom stereocenters. The SMILES string of the molecule is CCC1(COCCO)CCCN(CC2COc3ccccc3O2)C1. The lowest BCUT2D eigenvalue weighted by atomic mass is 9.78. The Morgan fingerprint density at radius 2 is 2.17 bits per heavy atom. The highest BCUT2D eigenvalue weighted by molar-refractivity contribution is 5.40. The van der Waals surface area contributed by atoms with Gasteiger partial charge < -0.3 is 19.3 Å². The van der Waals surface area contributed by atoms with Crippen molar-refractivity contribution in [3.8, 4) is 11.5 Å². The molecule has 5 nitrogen and oxygen atoms in total. The van der Waals surface area contributed by atoms with Crippen LogP contribution in [0.15, 0.2) is 24.3 Å². The van der Waals surface area contributed by atoms with Crippen LogP contribution >= 0.6 is 0 Å². The summed E-state index contributed by atoms with van der Waals surface area (Å²) in [7, 11) is 0. The fourth-order valence-corrected chi connectivity index (χ4v) is 3.77. The molecule has 1 N–H and O–H groups in total. The highest BCUT2D eigenvalue weighted by Crippen LogP contribution is 2.35. The van der Waals surface area contributed by atoms with Gasteiger partial charge in [-0.25, -0.2) is 0 Å². The lowest BCUT2D eigenvalue weighted by molar-refractivity contribution is -0.0319. The molecule has 0 aromatic heterocycles. The highest BCUT2D eigenvalue weighted by atomic mass is 16.6. The molecule has 0 bridgehead atoms. The van der Waals surface area contributed by atoms with Crippen LogP contribution in [0.5, 0.6) is 11.5 Å². The Morgan fingerprint density at radius 3 is 2.96 bits per heavy atom. The van der Waals surface area contributed by atoms with Crippen molar-refractivity contribution in [3.63, 3.8) is 0 Å². The molecular formula is C19H29NO4. The second-order valence-corrected chi connectivity index (χ2v) is 6.97. The third-order valence-corrected chi connectivity index (χ3v) is 5.16. The average molecular weight is 335 g/mol. The van der Waals surface area contributed by atoms with Crippen LogP contribution < -0.4 is 9.47 Å². The molecule has 2 heterocycles. The Hall–Kier alpha value is -1.30. The lowest BCUT2D eigenvalue weighted by Gasteiger charge is -2.43. The first-order chi connectivity index (χ1) is 11.7. The Morgan fingerprint density at radius 1 is 1.33 bits per heavy atom. The number of nitrogens with zero attached hydrogens (tertiary/aromatic N) is 1. The summed E-state index contributed by atoms with van der Waals surface area (Å²) in [6, 6.07) is 7.87. The van der Waals surface area contributed by atoms with E-state index >= 15 is 0 Å². The number of aliphatic hydroxyl groups excluding tert-OH is 1. The van der Waals surface area contributed by atoms with Gasteiger partial charge in [0.15, 0.2) is 11.5 Å². The van der Waals surface area contributed by atoms with Crippen LogP contribution in [0.25, 0.3) is 0 Å². The van der Waals surface area contributed by atoms with Crippen LogP contribution in [-0.4, -0.2) is 62.2 Å². The monoisotopic (exact) mass is 335 g/mol. The number of rotatable bonds is 7. The van der Waals surface area contributed by atoms with Gasteiger partial charge in [0.2, 0.25) is 0 Å². The third-order valence-electron chi connectivity index (χ3n) is 5.16. The van der Waals surface area contributed by atoms with Crippen molar-refractivity contribution in [2.45, 2.75) is 32.3 Å². The zero-order chi connectivity index (χ0) is 16.8. The van der Waals surface area contributed by atoms with Crippen LogP contribution in [0.1, 0.15) is 26.2 Å². The number of para-hydroxylation sites is 2. The molecule has 0 aliphatic carbocycles. The number of ether oxygens (including phenoxy) is 3. The maximum atomic E-state index is 8.94. The van der Waals surface area contributed by atoms with Gasteiger partial charge in [0.25, 0.3) is 0 Å². The second-order valence-electron chi connectivity index (χ2n) is 6.97. The van der Waals surface area contributed by atoms with E-state index in [1.165, 1.54) is 12.8 Å². The predicted molar refractivity (Wildman–Crippen MR) is 92.7 cm³/mol. The van der Waals surface area contributed by atoms with Gasteiger partial charge in [0.05, 0.1) is 19.8 Å². The first-order valence-electron chi connectivity index (χ1n) is 9.04. The standard InChI is InChI=1S/C19H29NO4/c1-2-19(15-22-11-10-21)8-5-9-20(14-19)12-16-13-23-17-6-3-4-7-18(17)24-16/h3-4,6-7,16,21H,2,5,8-15H2,1H3. The molecule has 134 valence electrons. The van der Waals surface area contributed by atoms with Gasteiger partial charge in [-0.1, -0.05) is 19.1 Å². The minimum atomic E-state index is 0.0749. The van der Waals surface area contributed by atoms with Crippen LogP contribution in [0.2, 0.25) is 0 Å². The molecule has 0 saturated carbocycles. The summed E-state index contributed by atoms with van der Waals surface area (Å²) in [6.07, 6.45) is 3.54. The molecule has 1 aromatic rings. The van der Waals surface area contributed by atoms with Gasteiger partial charge in [0, 0.05) is 18.5 Å². The van der Waals surface area contributed by atoms with Crippen molar-refractivity contribution in [2.24, 2.45) is 5.41 Å². The van der Waals surface area contributed by atoms with Crippen LogP contribution in [0, 0.1) is 5.41 Å². The van der Waals surface area contributed by atoms with E-state index in [2.05, 4.69) is 11.8 Å². The Balaban J connectivity index is 1.55. The summed E-state index contributed by atoms with van der Waals surface area (Å²) < 4.78 is 17.6. The lowest BCUT2D eigenvalue weighted by Crippen LogP contribution is -2.50. The number of hydrogen-bond donors (Lipinski definition) is 1. The van der Waals surface area contributed by atoms with E-state index in [9.17, 15) is 0 Å². The van der Waals surface area contributed by atoms with Crippen molar-refractivity contribution in [2.75, 3.05) is 46.1 Å². The normalized spacial score (nSPS) is 27.2. The Labute approximate surface area is 144 Å². The Bertz CT molecular complexity index is 524. The highest BCUT2D eigenvalue weighted by Gasteiger charge is 2.35. The van der Waals surface area contributed by atoms with E-state index in [4.69, 9.17) is 19.3 Å². The molecule has 2 atom stereocenters. The van der Waals surface area contributed by atoms with Gasteiger partial charge in [-0.3, -0.25) is 4.90 Å². The molecule has 5 heteroatoms. The van der Waals surface area contributed by atoms with E-state index < -0.39 is 0 Å². The molecule has 24 heavy (non-hydrogen) atoms. The number of hydrogen-bond acceptors (Lipinski definition) is 5. The smallest absolute Gasteiger partial charge is 0.161 e. The largest absolute Gasteiger partial charge is 0.486 e. The van der Waals surface area contributed by atoms with Crippen LogP contribution in [0.3, 0.4) is 0 Å². The molecule has 1 saturated heterocycles. The van der Waals surface area contributed by atoms with Crippen LogP contribution in [-0.2, 0) is 4.74 Å². The first kappa shape index (κ1) is 17.5. The number of aliphatic hydroxyl groups is 1. The minimum Gasteiger partial charge on any atom is -0.486 e. The number of likely N-dealkylation sites (tertiary alicyclic amines) is 1. The molecule has 0 spiro atoms. The second kappa shape index (κ2) is 8.19. The molecule has 2 aliphatic heterocycles. The maximum Gasteiger partial charge on any atom is 0.161 e. The quantitative estimate of drug-likeness (QED) is 0.775. The fraction of sp³-hybridized carbons (Fsp3) is 0.684. The summed E-state index contributed by atoms with van der Waals surface area (Å²) in [5, 5.41) is 8.94. The zero-order valence-electron chi connectivity index (χ0n) is 14.6. The summed E-state index contributed by atoms with van der Waals surface area (Å²) in [6.45, 7) is 7.10. The van der Waals surface area contributed by atoms with Crippen molar-refractivity contribution in [1.82, 2.24) is 4.90 Å². The van der Waals surface area contributed by atoms with E-state index in [0.717, 1.165) is 44.2 Å². The van der Waals surface area contributed by atoms with Crippen molar-refractivity contribution in [1.29, 1.82) is 0 Å². The fourth-order valence-electron chi connectivity index (χ4n) is 3.77. The zero-order valence-corrected chi connectivity index (χ0v) is 14.6. The van der Waals surface area contributed by atoms with Gasteiger partial charge in [-0.15, -0.1) is 0 Å². The summed E-state index contributed by atoms with van der Waals surface area (Å²) in [5.41, 5.74) is 0.195. The predicted octanol–water partition coefficient (Wildman–Crippen LogP) is 2.33. The Kier molecular flexibility index (Phi) is 5.98. The van der Waals surface area contributed by atoms with Gasteiger partial charge in [0.1, 0.15) is 12.7 Å². The number of piperidine rings is 1. The summed E-state index contributed by atoms with van der Waals surface area (Å²) in [5.74, 6) is 1.69. The molecule has 2 aliphatic rings. The number of benzene rings is 1. The van der Waals surface area contributed by atoms with E-state index in [-0.39, 0.29) is 18.1 Å². The van der Waals surface area contributed by atoms with E-state index in [0.29, 0.717) is 13.2 Å². The first-order valence-corrected chi connectivity index (χ1v) is 9.04. The van der Waals surface area contributed by atoms with Crippen molar-refractivity contribution < 1.29 is 19.3 Å². The molecule has 1 fully saturated rings. The molecular weight excluding hydrogens is 306 g/mol. The average Bonchev–Trinajstić information content (AvgIpc) is 2.62. The van der Waals surface area contributed by atoms with E-state index in [1.807, 2.05) is 24.3 Å². The molecule has 0 radical (unpaired) electrons. The number of fused-ring (bicyclic) bond motifs is 1. The van der Waals surface area contributed by atoms with Gasteiger partial charge >= 0.3 is 0 Å².